The first-order valence-corrected chi connectivity index (χ1v) is 4.47. The van der Waals surface area contributed by atoms with Gasteiger partial charge in [0.15, 0.2) is 0 Å². The number of halogens is 1. The van der Waals surface area contributed by atoms with Gasteiger partial charge < -0.3 is 5.73 Å². The number of rotatable bonds is 4. The average molecular weight is 185 g/mol. The molecule has 1 rings (SSSR count). The summed E-state index contributed by atoms with van der Waals surface area (Å²) in [6.07, 6.45) is 3.88. The quantitative estimate of drug-likeness (QED) is 0.764. The van der Waals surface area contributed by atoms with Crippen molar-refractivity contribution in [1.29, 1.82) is 0 Å². The molecular formula is C9H16FN3. The van der Waals surface area contributed by atoms with E-state index in [0.29, 0.717) is 6.42 Å². The van der Waals surface area contributed by atoms with Gasteiger partial charge in [-0.05, 0) is 19.4 Å². The molecule has 0 aliphatic carbocycles. The molecule has 2 N–H and O–H groups in total. The van der Waals surface area contributed by atoms with Crippen LogP contribution in [-0.2, 0) is 13.0 Å². The Morgan fingerprint density at radius 3 is 2.85 bits per heavy atom. The smallest absolute Gasteiger partial charge is 0.124 e. The van der Waals surface area contributed by atoms with E-state index in [4.69, 9.17) is 5.73 Å². The molecule has 3 nitrogen and oxygen atoms in total. The largest absolute Gasteiger partial charge is 0.328 e. The summed E-state index contributed by atoms with van der Waals surface area (Å²) >= 11 is 0. The summed E-state index contributed by atoms with van der Waals surface area (Å²) in [5.41, 5.74) is 4.87. The van der Waals surface area contributed by atoms with Gasteiger partial charge in [-0.3, -0.25) is 4.68 Å². The zero-order valence-corrected chi connectivity index (χ0v) is 8.13. The summed E-state index contributed by atoms with van der Waals surface area (Å²) in [6.45, 7) is 4.36. The minimum absolute atomic E-state index is 0.0459. The lowest BCUT2D eigenvalue weighted by Crippen LogP contribution is -2.31. The average Bonchev–Trinajstić information content (AvgIpc) is 2.52. The van der Waals surface area contributed by atoms with Crippen molar-refractivity contribution in [2.24, 2.45) is 5.73 Å². The predicted octanol–water partition coefficient (Wildman–Crippen LogP) is 1.13. The van der Waals surface area contributed by atoms with Gasteiger partial charge in [0.2, 0.25) is 0 Å². The van der Waals surface area contributed by atoms with E-state index in [2.05, 4.69) is 5.10 Å². The number of hydrogen-bond donors (Lipinski definition) is 1. The number of aryl methyl sites for hydroxylation is 1. The van der Waals surface area contributed by atoms with Gasteiger partial charge in [0.05, 0.1) is 6.20 Å². The van der Waals surface area contributed by atoms with E-state index in [1.54, 1.807) is 10.9 Å². The first kappa shape index (κ1) is 10.2. The lowest BCUT2D eigenvalue weighted by molar-refractivity contribution is 0.200. The van der Waals surface area contributed by atoms with Gasteiger partial charge in [-0.2, -0.15) is 5.10 Å². The zero-order chi connectivity index (χ0) is 9.90. The van der Waals surface area contributed by atoms with Crippen LogP contribution in [0.15, 0.2) is 12.4 Å². The van der Waals surface area contributed by atoms with Gasteiger partial charge in [0, 0.05) is 25.7 Å². The Hall–Kier alpha value is -0.900. The lowest BCUT2D eigenvalue weighted by Gasteiger charge is -2.16. The van der Waals surface area contributed by atoms with Crippen LogP contribution in [0, 0.1) is 0 Å². The van der Waals surface area contributed by atoms with Crippen molar-refractivity contribution >= 4 is 0 Å². The minimum atomic E-state index is -1.32. The van der Waals surface area contributed by atoms with Gasteiger partial charge in [-0.15, -0.1) is 0 Å². The molecule has 13 heavy (non-hydrogen) atoms. The highest BCUT2D eigenvalue weighted by Gasteiger charge is 2.21. The van der Waals surface area contributed by atoms with Crippen molar-refractivity contribution in [1.82, 2.24) is 9.78 Å². The first-order valence-electron chi connectivity index (χ1n) is 4.47. The van der Waals surface area contributed by atoms with Crippen molar-refractivity contribution < 1.29 is 4.39 Å². The maximum absolute atomic E-state index is 13.5. The Bertz CT molecular complexity index is 268. The zero-order valence-electron chi connectivity index (χ0n) is 8.13. The maximum Gasteiger partial charge on any atom is 0.124 e. The molecule has 0 spiro atoms. The molecule has 1 atom stereocenters. The Labute approximate surface area is 77.7 Å². The summed E-state index contributed by atoms with van der Waals surface area (Å²) in [5.74, 6) is 0. The molecule has 4 heteroatoms. The highest BCUT2D eigenvalue weighted by molar-refractivity contribution is 5.08. The van der Waals surface area contributed by atoms with E-state index in [1.165, 1.54) is 6.92 Å². The van der Waals surface area contributed by atoms with E-state index in [9.17, 15) is 4.39 Å². The molecule has 0 fully saturated rings. The lowest BCUT2D eigenvalue weighted by atomic mass is 10.0. The van der Waals surface area contributed by atoms with Crippen LogP contribution in [0.1, 0.15) is 19.4 Å². The number of alkyl halides is 1. The summed E-state index contributed by atoms with van der Waals surface area (Å²) in [6, 6.07) is 0. The predicted molar refractivity (Wildman–Crippen MR) is 50.2 cm³/mol. The number of nitrogens with zero attached hydrogens (tertiary/aromatic N) is 2. The molecule has 1 heterocycles. The molecule has 0 bridgehead atoms. The van der Waals surface area contributed by atoms with Crippen molar-refractivity contribution in [3.8, 4) is 0 Å². The van der Waals surface area contributed by atoms with E-state index < -0.39 is 5.67 Å². The van der Waals surface area contributed by atoms with Crippen LogP contribution in [0.5, 0.6) is 0 Å². The molecule has 0 saturated carbocycles. The third-order valence-electron chi connectivity index (χ3n) is 2.01. The summed E-state index contributed by atoms with van der Waals surface area (Å²) in [4.78, 5) is 0. The van der Waals surface area contributed by atoms with Crippen LogP contribution in [0.4, 0.5) is 4.39 Å². The van der Waals surface area contributed by atoms with Crippen molar-refractivity contribution in [3.63, 3.8) is 0 Å². The molecule has 1 aromatic heterocycles. The normalized spacial score (nSPS) is 15.7. The summed E-state index contributed by atoms with van der Waals surface area (Å²) < 4.78 is 15.2. The van der Waals surface area contributed by atoms with Crippen LogP contribution in [0.3, 0.4) is 0 Å². The Kier molecular flexibility index (Phi) is 3.03. The SMILES string of the molecule is CCn1cc(CC(C)(F)CN)cn1. The molecule has 0 aliphatic rings. The molecule has 1 aromatic rings. The monoisotopic (exact) mass is 185 g/mol. The van der Waals surface area contributed by atoms with Gasteiger partial charge >= 0.3 is 0 Å². The van der Waals surface area contributed by atoms with Gasteiger partial charge in [-0.1, -0.05) is 0 Å². The maximum atomic E-state index is 13.5. The van der Waals surface area contributed by atoms with Gasteiger partial charge in [0.1, 0.15) is 5.67 Å². The van der Waals surface area contributed by atoms with Crippen LogP contribution < -0.4 is 5.73 Å². The third-order valence-corrected chi connectivity index (χ3v) is 2.01. The van der Waals surface area contributed by atoms with Crippen molar-refractivity contribution in [2.75, 3.05) is 6.54 Å². The molecule has 0 saturated heterocycles. The molecule has 0 amide bonds. The first-order chi connectivity index (χ1) is 6.07. The van der Waals surface area contributed by atoms with E-state index in [1.807, 2.05) is 13.1 Å². The second-order valence-corrected chi connectivity index (χ2v) is 3.50. The van der Waals surface area contributed by atoms with Gasteiger partial charge in [0.25, 0.3) is 0 Å². The van der Waals surface area contributed by atoms with Crippen molar-refractivity contribution in [2.45, 2.75) is 32.5 Å². The highest BCUT2D eigenvalue weighted by atomic mass is 19.1. The molecule has 0 aromatic carbocycles. The van der Waals surface area contributed by atoms with Crippen LogP contribution in [-0.4, -0.2) is 22.0 Å². The fourth-order valence-electron chi connectivity index (χ4n) is 1.17. The second kappa shape index (κ2) is 3.87. The standard InChI is InChI=1S/C9H16FN3/c1-3-13-6-8(5-12-13)4-9(2,10)7-11/h5-6H,3-4,7,11H2,1-2H3. The summed E-state index contributed by atoms with van der Waals surface area (Å²) in [5, 5.41) is 4.06. The van der Waals surface area contributed by atoms with E-state index in [-0.39, 0.29) is 6.54 Å². The highest BCUT2D eigenvalue weighted by Crippen LogP contribution is 2.15. The number of nitrogens with two attached hydrogens (primary N) is 1. The molecular weight excluding hydrogens is 169 g/mol. The second-order valence-electron chi connectivity index (χ2n) is 3.50. The minimum Gasteiger partial charge on any atom is -0.328 e. The van der Waals surface area contributed by atoms with E-state index in [0.717, 1.165) is 12.1 Å². The van der Waals surface area contributed by atoms with Crippen LogP contribution in [0.2, 0.25) is 0 Å². The molecule has 0 radical (unpaired) electrons. The van der Waals surface area contributed by atoms with Crippen molar-refractivity contribution in [3.05, 3.63) is 18.0 Å². The Morgan fingerprint density at radius 1 is 1.69 bits per heavy atom. The molecule has 74 valence electrons. The summed E-state index contributed by atoms with van der Waals surface area (Å²) in [7, 11) is 0. The molecule has 1 unspecified atom stereocenters. The third kappa shape index (κ3) is 2.81. The Morgan fingerprint density at radius 2 is 2.38 bits per heavy atom. The fraction of sp³-hybridized carbons (Fsp3) is 0.667. The van der Waals surface area contributed by atoms with Gasteiger partial charge in [-0.25, -0.2) is 4.39 Å². The number of hydrogen-bond acceptors (Lipinski definition) is 2. The molecule has 0 aliphatic heterocycles. The number of aromatic nitrogens is 2. The topological polar surface area (TPSA) is 43.8 Å². The fourth-order valence-corrected chi connectivity index (χ4v) is 1.17. The Balaban J connectivity index is 2.63. The van der Waals surface area contributed by atoms with Crippen LogP contribution >= 0.6 is 0 Å². The van der Waals surface area contributed by atoms with Crippen LogP contribution in [0.25, 0.3) is 0 Å². The van der Waals surface area contributed by atoms with E-state index >= 15 is 0 Å².